The largest absolute Gasteiger partial charge is 0.508 e. The highest BCUT2D eigenvalue weighted by Crippen LogP contribution is 2.24. The van der Waals surface area contributed by atoms with Gasteiger partial charge < -0.3 is 5.11 Å². The van der Waals surface area contributed by atoms with Gasteiger partial charge in [-0.05, 0) is 37.0 Å². The quantitative estimate of drug-likeness (QED) is 0.874. The molecule has 1 rings (SSSR count). The number of hydrogen-bond acceptors (Lipinski definition) is 3. The number of hydrogen-bond donors (Lipinski definition) is 1. The van der Waals surface area contributed by atoms with Crippen LogP contribution in [-0.4, -0.2) is 30.6 Å². The van der Waals surface area contributed by atoms with E-state index in [1.54, 1.807) is 31.3 Å². The summed E-state index contributed by atoms with van der Waals surface area (Å²) in [6.45, 7) is 5.87. The van der Waals surface area contributed by atoms with Gasteiger partial charge in [-0.25, -0.2) is 8.42 Å². The summed E-state index contributed by atoms with van der Waals surface area (Å²) in [4.78, 5) is 0. The Kier molecular flexibility index (Phi) is 5.38. The zero-order valence-electron chi connectivity index (χ0n) is 12.0. The maximum absolute atomic E-state index is 12.2. The molecule has 0 fully saturated rings. The third kappa shape index (κ3) is 4.51. The summed E-state index contributed by atoms with van der Waals surface area (Å²) >= 11 is 0. The fourth-order valence-corrected chi connectivity index (χ4v) is 3.39. The summed E-state index contributed by atoms with van der Waals surface area (Å²) in [6.07, 6.45) is 0.662. The van der Waals surface area contributed by atoms with Gasteiger partial charge in [-0.1, -0.05) is 26.0 Å². The summed E-state index contributed by atoms with van der Waals surface area (Å²) in [5.74, 6) is 0.720. The van der Waals surface area contributed by atoms with Crippen LogP contribution >= 0.6 is 0 Å². The number of benzene rings is 1. The highest BCUT2D eigenvalue weighted by atomic mass is 32.2. The normalized spacial score (nSPS) is 14.0. The number of phenolic OH excluding ortho intramolecular Hbond substituents is 1. The lowest BCUT2D eigenvalue weighted by atomic mass is 10.1. The van der Waals surface area contributed by atoms with Crippen LogP contribution in [0.25, 0.3) is 0 Å². The fourth-order valence-electron chi connectivity index (χ4n) is 1.73. The molecule has 108 valence electrons. The minimum atomic E-state index is -3.24. The SMILES string of the molecule is CC(C)CCS(=O)(=O)N(C)C(C)c1ccc(O)cc1. The molecule has 0 aliphatic heterocycles. The van der Waals surface area contributed by atoms with E-state index in [0.717, 1.165) is 5.56 Å². The Morgan fingerprint density at radius 3 is 2.16 bits per heavy atom. The molecule has 0 saturated carbocycles. The van der Waals surface area contributed by atoms with Gasteiger partial charge in [-0.15, -0.1) is 0 Å². The van der Waals surface area contributed by atoms with E-state index in [9.17, 15) is 13.5 Å². The molecule has 0 aliphatic carbocycles. The number of phenols is 1. The summed E-state index contributed by atoms with van der Waals surface area (Å²) < 4.78 is 25.8. The molecule has 5 heteroatoms. The van der Waals surface area contributed by atoms with Crippen molar-refractivity contribution in [3.8, 4) is 5.75 Å². The predicted molar refractivity (Wildman–Crippen MR) is 77.5 cm³/mol. The van der Waals surface area contributed by atoms with E-state index < -0.39 is 10.0 Å². The topological polar surface area (TPSA) is 57.6 Å². The molecular formula is C14H23NO3S. The van der Waals surface area contributed by atoms with Gasteiger partial charge in [0, 0.05) is 13.1 Å². The average Bonchev–Trinajstić information content (AvgIpc) is 2.35. The summed E-state index contributed by atoms with van der Waals surface area (Å²) in [5, 5.41) is 9.25. The molecule has 1 N–H and O–H groups in total. The fraction of sp³-hybridized carbons (Fsp3) is 0.571. The zero-order valence-corrected chi connectivity index (χ0v) is 12.8. The van der Waals surface area contributed by atoms with Crippen LogP contribution in [0, 0.1) is 5.92 Å². The highest BCUT2D eigenvalue weighted by molar-refractivity contribution is 7.89. The van der Waals surface area contributed by atoms with E-state index >= 15 is 0 Å². The van der Waals surface area contributed by atoms with Gasteiger partial charge in [0.2, 0.25) is 10.0 Å². The molecule has 4 nitrogen and oxygen atoms in total. The van der Waals surface area contributed by atoms with Crippen molar-refractivity contribution >= 4 is 10.0 Å². The van der Waals surface area contributed by atoms with Gasteiger partial charge in [0.1, 0.15) is 5.75 Å². The van der Waals surface area contributed by atoms with Crippen molar-refractivity contribution in [1.82, 2.24) is 4.31 Å². The van der Waals surface area contributed by atoms with Crippen LogP contribution in [0.15, 0.2) is 24.3 Å². The average molecular weight is 285 g/mol. The van der Waals surface area contributed by atoms with E-state index in [1.165, 1.54) is 4.31 Å². The van der Waals surface area contributed by atoms with Crippen LogP contribution in [-0.2, 0) is 10.0 Å². The molecule has 0 spiro atoms. The molecule has 0 aliphatic rings. The van der Waals surface area contributed by atoms with E-state index in [-0.39, 0.29) is 17.5 Å². The van der Waals surface area contributed by atoms with Crippen LogP contribution in [0.4, 0.5) is 0 Å². The van der Waals surface area contributed by atoms with Gasteiger partial charge in [-0.2, -0.15) is 4.31 Å². The molecule has 1 aromatic rings. The first-order chi connectivity index (χ1) is 8.74. The van der Waals surface area contributed by atoms with Gasteiger partial charge in [0.25, 0.3) is 0 Å². The van der Waals surface area contributed by atoms with Crippen molar-refractivity contribution in [2.45, 2.75) is 33.2 Å². The molecular weight excluding hydrogens is 262 g/mol. The first-order valence-electron chi connectivity index (χ1n) is 6.48. The number of nitrogens with zero attached hydrogens (tertiary/aromatic N) is 1. The van der Waals surface area contributed by atoms with Crippen LogP contribution in [0.2, 0.25) is 0 Å². The van der Waals surface area contributed by atoms with E-state index in [1.807, 2.05) is 20.8 Å². The lowest BCUT2D eigenvalue weighted by Gasteiger charge is -2.25. The first-order valence-corrected chi connectivity index (χ1v) is 8.09. The smallest absolute Gasteiger partial charge is 0.214 e. The number of aromatic hydroxyl groups is 1. The third-order valence-electron chi connectivity index (χ3n) is 3.31. The Hall–Kier alpha value is -1.07. The van der Waals surface area contributed by atoms with Gasteiger partial charge >= 0.3 is 0 Å². The van der Waals surface area contributed by atoms with Crippen molar-refractivity contribution in [2.75, 3.05) is 12.8 Å². The second-order valence-electron chi connectivity index (χ2n) is 5.28. The molecule has 0 radical (unpaired) electrons. The maximum Gasteiger partial charge on any atom is 0.214 e. The Morgan fingerprint density at radius 2 is 1.68 bits per heavy atom. The second kappa shape index (κ2) is 6.39. The molecule has 0 saturated heterocycles. The molecule has 1 atom stereocenters. The van der Waals surface area contributed by atoms with E-state index in [4.69, 9.17) is 0 Å². The molecule has 0 amide bonds. The van der Waals surface area contributed by atoms with Crippen molar-refractivity contribution < 1.29 is 13.5 Å². The maximum atomic E-state index is 12.2. The summed E-state index contributed by atoms with van der Waals surface area (Å²) in [7, 11) is -1.64. The Balaban J connectivity index is 2.81. The first kappa shape index (κ1) is 16.0. The number of rotatable bonds is 6. The molecule has 1 unspecified atom stereocenters. The van der Waals surface area contributed by atoms with E-state index in [2.05, 4.69) is 0 Å². The van der Waals surface area contributed by atoms with Crippen molar-refractivity contribution in [1.29, 1.82) is 0 Å². The van der Waals surface area contributed by atoms with Crippen LogP contribution in [0.1, 0.15) is 38.8 Å². The highest BCUT2D eigenvalue weighted by Gasteiger charge is 2.24. The van der Waals surface area contributed by atoms with Gasteiger partial charge in [-0.3, -0.25) is 0 Å². The van der Waals surface area contributed by atoms with Crippen molar-refractivity contribution in [3.63, 3.8) is 0 Å². The Bertz CT molecular complexity index is 494. The monoisotopic (exact) mass is 285 g/mol. The molecule has 0 heterocycles. The second-order valence-corrected chi connectivity index (χ2v) is 7.43. The number of sulfonamides is 1. The lowest BCUT2D eigenvalue weighted by molar-refractivity contribution is 0.395. The van der Waals surface area contributed by atoms with Crippen molar-refractivity contribution in [2.24, 2.45) is 5.92 Å². The van der Waals surface area contributed by atoms with Gasteiger partial charge in [0.05, 0.1) is 5.75 Å². The zero-order chi connectivity index (χ0) is 14.6. The minimum Gasteiger partial charge on any atom is -0.508 e. The van der Waals surface area contributed by atoms with Crippen LogP contribution in [0.5, 0.6) is 5.75 Å². The lowest BCUT2D eigenvalue weighted by Crippen LogP contribution is -2.32. The van der Waals surface area contributed by atoms with E-state index in [0.29, 0.717) is 12.3 Å². The Morgan fingerprint density at radius 1 is 1.16 bits per heavy atom. The standard InChI is InChI=1S/C14H23NO3S/c1-11(2)9-10-19(17,18)15(4)12(3)13-5-7-14(16)8-6-13/h5-8,11-12,16H,9-10H2,1-4H3. The molecule has 0 aromatic heterocycles. The third-order valence-corrected chi connectivity index (χ3v) is 5.26. The predicted octanol–water partition coefficient (Wildman–Crippen LogP) is 2.76. The van der Waals surface area contributed by atoms with Crippen LogP contribution in [0.3, 0.4) is 0 Å². The Labute approximate surface area is 116 Å². The van der Waals surface area contributed by atoms with Crippen LogP contribution < -0.4 is 0 Å². The molecule has 19 heavy (non-hydrogen) atoms. The summed E-state index contributed by atoms with van der Waals surface area (Å²) in [5.41, 5.74) is 0.869. The summed E-state index contributed by atoms with van der Waals surface area (Å²) in [6, 6.07) is 6.39. The molecule has 0 bridgehead atoms. The van der Waals surface area contributed by atoms with Crippen molar-refractivity contribution in [3.05, 3.63) is 29.8 Å². The molecule has 1 aromatic carbocycles. The van der Waals surface area contributed by atoms with Gasteiger partial charge in [0.15, 0.2) is 0 Å². The minimum absolute atomic E-state index is 0.170.